The molecule has 0 radical (unpaired) electrons. The minimum absolute atomic E-state index is 0.145. The van der Waals surface area contributed by atoms with Gasteiger partial charge in [0.15, 0.2) is 0 Å². The smallest absolute Gasteiger partial charge is 0.234 e. The number of imide groups is 1. The zero-order chi connectivity index (χ0) is 13.1. The Morgan fingerprint density at radius 2 is 1.65 bits per heavy atom. The van der Waals surface area contributed by atoms with E-state index in [-0.39, 0.29) is 11.8 Å². The number of carbonyl (C=O) groups excluding carboxylic acids is 2. The molecule has 3 heteroatoms. The Morgan fingerprint density at radius 1 is 1.12 bits per heavy atom. The van der Waals surface area contributed by atoms with Gasteiger partial charge in [-0.15, -0.1) is 0 Å². The van der Waals surface area contributed by atoms with Crippen LogP contribution in [0.1, 0.15) is 33.3 Å². The minimum Gasteiger partial charge on any atom is -0.278 e. The summed E-state index contributed by atoms with van der Waals surface area (Å²) < 4.78 is 0. The second-order valence-corrected chi connectivity index (χ2v) is 5.15. The van der Waals surface area contributed by atoms with Gasteiger partial charge in [-0.2, -0.15) is 0 Å². The van der Waals surface area contributed by atoms with Crippen molar-refractivity contribution in [2.24, 2.45) is 5.41 Å². The van der Waals surface area contributed by atoms with E-state index < -0.39 is 5.41 Å². The number of hydrogen-bond acceptors (Lipinski definition) is 2. The molecule has 17 heavy (non-hydrogen) atoms. The Kier molecular flexibility index (Phi) is 4.05. The zero-order valence-electron chi connectivity index (χ0n) is 10.9. The van der Waals surface area contributed by atoms with Gasteiger partial charge in [-0.1, -0.05) is 51.1 Å². The van der Waals surface area contributed by atoms with Crippen molar-refractivity contribution in [2.45, 2.75) is 34.2 Å². The van der Waals surface area contributed by atoms with Gasteiger partial charge in [0.1, 0.15) is 0 Å². The van der Waals surface area contributed by atoms with Crippen LogP contribution in [-0.4, -0.2) is 16.7 Å². The van der Waals surface area contributed by atoms with E-state index in [2.05, 4.69) is 0 Å². The molecule has 0 unspecified atom stereocenters. The number of carbonyl (C=O) groups is 2. The molecule has 92 valence electrons. The molecule has 0 N–H and O–H groups in total. The van der Waals surface area contributed by atoms with Crippen molar-refractivity contribution < 1.29 is 9.59 Å². The van der Waals surface area contributed by atoms with Gasteiger partial charge in [-0.3, -0.25) is 14.5 Å². The summed E-state index contributed by atoms with van der Waals surface area (Å²) in [5.41, 5.74) is 0.417. The van der Waals surface area contributed by atoms with Crippen LogP contribution in [0, 0.1) is 5.41 Å². The topological polar surface area (TPSA) is 37.4 Å². The monoisotopic (exact) mass is 233 g/mol. The predicted octanol–water partition coefficient (Wildman–Crippen LogP) is 2.61. The van der Waals surface area contributed by atoms with Crippen molar-refractivity contribution in [1.82, 2.24) is 4.90 Å². The fourth-order valence-corrected chi connectivity index (χ4v) is 1.50. The molecule has 0 aliphatic heterocycles. The molecule has 1 rings (SSSR count). The van der Waals surface area contributed by atoms with Crippen molar-refractivity contribution >= 4 is 11.8 Å². The van der Waals surface area contributed by atoms with E-state index in [9.17, 15) is 9.59 Å². The maximum atomic E-state index is 12.1. The summed E-state index contributed by atoms with van der Waals surface area (Å²) in [6.45, 7) is 7.21. The third kappa shape index (κ3) is 3.70. The lowest BCUT2D eigenvalue weighted by atomic mass is 9.94. The lowest BCUT2D eigenvalue weighted by Crippen LogP contribution is -2.41. The van der Waals surface area contributed by atoms with E-state index in [4.69, 9.17) is 0 Å². The first-order chi connectivity index (χ1) is 7.82. The third-order valence-electron chi connectivity index (χ3n) is 2.45. The fourth-order valence-electron chi connectivity index (χ4n) is 1.50. The number of rotatable bonds is 2. The molecule has 0 fully saturated rings. The largest absolute Gasteiger partial charge is 0.278 e. The van der Waals surface area contributed by atoms with Gasteiger partial charge >= 0.3 is 0 Å². The Morgan fingerprint density at radius 3 is 2.06 bits per heavy atom. The highest BCUT2D eigenvalue weighted by atomic mass is 16.2. The van der Waals surface area contributed by atoms with Gasteiger partial charge in [0.05, 0.1) is 6.54 Å². The first-order valence-corrected chi connectivity index (χ1v) is 5.69. The Balaban J connectivity index is 2.89. The summed E-state index contributed by atoms with van der Waals surface area (Å²) in [6, 6.07) is 9.52. The highest BCUT2D eigenvalue weighted by Crippen LogP contribution is 2.19. The number of hydrogen-bond donors (Lipinski definition) is 0. The number of amides is 2. The molecule has 0 atom stereocenters. The van der Waals surface area contributed by atoms with Crippen molar-refractivity contribution in [2.75, 3.05) is 0 Å². The first-order valence-electron chi connectivity index (χ1n) is 5.69. The zero-order valence-corrected chi connectivity index (χ0v) is 10.9. The third-order valence-corrected chi connectivity index (χ3v) is 2.45. The molecule has 0 heterocycles. The van der Waals surface area contributed by atoms with Crippen LogP contribution in [0.15, 0.2) is 30.3 Å². The van der Waals surface area contributed by atoms with Crippen molar-refractivity contribution in [3.05, 3.63) is 35.9 Å². The quantitative estimate of drug-likeness (QED) is 0.787. The van der Waals surface area contributed by atoms with Crippen LogP contribution in [-0.2, 0) is 16.1 Å². The molecular weight excluding hydrogens is 214 g/mol. The van der Waals surface area contributed by atoms with Gasteiger partial charge < -0.3 is 0 Å². The second-order valence-electron chi connectivity index (χ2n) is 5.15. The van der Waals surface area contributed by atoms with Crippen LogP contribution in [0.2, 0.25) is 0 Å². The van der Waals surface area contributed by atoms with Crippen LogP contribution in [0.5, 0.6) is 0 Å². The molecule has 3 nitrogen and oxygen atoms in total. The maximum absolute atomic E-state index is 12.1. The summed E-state index contributed by atoms with van der Waals surface area (Å²) in [6.07, 6.45) is 0. The Bertz CT molecular complexity index is 404. The van der Waals surface area contributed by atoms with E-state index in [0.29, 0.717) is 6.54 Å². The lowest BCUT2D eigenvalue weighted by Gasteiger charge is -2.27. The SMILES string of the molecule is CC(=O)N(Cc1ccccc1)C(=O)C(C)(C)C. The predicted molar refractivity (Wildman–Crippen MR) is 67.1 cm³/mol. The van der Waals surface area contributed by atoms with Crippen molar-refractivity contribution in [3.63, 3.8) is 0 Å². The summed E-state index contributed by atoms with van der Waals surface area (Å²) in [5.74, 6) is -0.359. The maximum Gasteiger partial charge on any atom is 0.234 e. The minimum atomic E-state index is -0.541. The van der Waals surface area contributed by atoms with E-state index >= 15 is 0 Å². The van der Waals surface area contributed by atoms with Crippen molar-refractivity contribution in [1.29, 1.82) is 0 Å². The molecule has 0 spiro atoms. The van der Waals surface area contributed by atoms with Crippen LogP contribution in [0.25, 0.3) is 0 Å². The standard InChI is InChI=1S/C14H19NO2/c1-11(16)15(13(17)14(2,3)4)10-12-8-6-5-7-9-12/h5-9H,10H2,1-4H3. The van der Waals surface area contributed by atoms with Crippen LogP contribution >= 0.6 is 0 Å². The first kappa shape index (κ1) is 13.4. The summed E-state index contributed by atoms with van der Waals surface area (Å²) in [7, 11) is 0. The molecule has 1 aromatic rings. The van der Waals surface area contributed by atoms with Crippen molar-refractivity contribution in [3.8, 4) is 0 Å². The Labute approximate surface area is 102 Å². The highest BCUT2D eigenvalue weighted by molar-refractivity contribution is 5.96. The van der Waals surface area contributed by atoms with E-state index in [0.717, 1.165) is 5.56 Å². The molecule has 1 aromatic carbocycles. The molecule has 0 aromatic heterocycles. The number of benzene rings is 1. The highest BCUT2D eigenvalue weighted by Gasteiger charge is 2.29. The lowest BCUT2D eigenvalue weighted by molar-refractivity contribution is -0.149. The molecule has 0 bridgehead atoms. The van der Waals surface area contributed by atoms with Gasteiger partial charge in [0, 0.05) is 12.3 Å². The molecule has 0 aliphatic carbocycles. The average Bonchev–Trinajstić information content (AvgIpc) is 2.24. The van der Waals surface area contributed by atoms with Gasteiger partial charge in [0.25, 0.3) is 0 Å². The van der Waals surface area contributed by atoms with Gasteiger partial charge in [-0.25, -0.2) is 0 Å². The summed E-state index contributed by atoms with van der Waals surface area (Å²) in [5, 5.41) is 0. The number of nitrogens with zero attached hydrogens (tertiary/aromatic N) is 1. The van der Waals surface area contributed by atoms with Gasteiger partial charge in [-0.05, 0) is 5.56 Å². The van der Waals surface area contributed by atoms with E-state index in [1.54, 1.807) is 0 Å². The second kappa shape index (κ2) is 5.13. The van der Waals surface area contributed by atoms with Crippen LogP contribution in [0.4, 0.5) is 0 Å². The molecule has 2 amide bonds. The normalized spacial score (nSPS) is 11.1. The summed E-state index contributed by atoms with van der Waals surface area (Å²) in [4.78, 5) is 25.0. The van der Waals surface area contributed by atoms with Crippen LogP contribution < -0.4 is 0 Å². The fraction of sp³-hybridized carbons (Fsp3) is 0.429. The van der Waals surface area contributed by atoms with Gasteiger partial charge in [0.2, 0.25) is 11.8 Å². The Hall–Kier alpha value is -1.64. The molecule has 0 saturated carbocycles. The van der Waals surface area contributed by atoms with E-state index in [1.807, 2.05) is 51.1 Å². The molecular formula is C14H19NO2. The summed E-state index contributed by atoms with van der Waals surface area (Å²) >= 11 is 0. The molecule has 0 aliphatic rings. The average molecular weight is 233 g/mol. The van der Waals surface area contributed by atoms with E-state index in [1.165, 1.54) is 11.8 Å². The van der Waals surface area contributed by atoms with Crippen LogP contribution in [0.3, 0.4) is 0 Å². The molecule has 0 saturated heterocycles.